The van der Waals surface area contributed by atoms with Crippen LogP contribution in [0.15, 0.2) is 52.1 Å². The zero-order valence-electron chi connectivity index (χ0n) is 14.5. The fraction of sp³-hybridized carbons (Fsp3) is 0. The Morgan fingerprint density at radius 1 is 1.10 bits per heavy atom. The van der Waals surface area contributed by atoms with Crippen LogP contribution in [0.4, 0.5) is 4.39 Å². The second-order valence-electron chi connectivity index (χ2n) is 6.20. The van der Waals surface area contributed by atoms with Crippen molar-refractivity contribution < 1.29 is 14.3 Å². The molecule has 0 radical (unpaired) electrons. The van der Waals surface area contributed by atoms with Gasteiger partial charge in [0.1, 0.15) is 33.6 Å². The van der Waals surface area contributed by atoms with E-state index in [9.17, 15) is 14.0 Å². The van der Waals surface area contributed by atoms with Gasteiger partial charge >= 0.3 is 5.97 Å². The molecule has 0 amide bonds. The Morgan fingerprint density at radius 3 is 2.48 bits per heavy atom. The highest BCUT2D eigenvalue weighted by Crippen LogP contribution is 2.36. The van der Waals surface area contributed by atoms with E-state index in [1.807, 2.05) is 35.0 Å². The molecule has 0 saturated carbocycles. The molecule has 0 bridgehead atoms. The van der Waals surface area contributed by atoms with Gasteiger partial charge in [0.2, 0.25) is 5.43 Å². The maximum absolute atomic E-state index is 14.9. The molecule has 6 nitrogen and oxygen atoms in total. The van der Waals surface area contributed by atoms with E-state index in [1.54, 1.807) is 0 Å². The summed E-state index contributed by atoms with van der Waals surface area (Å²) in [4.78, 5) is 37.4. The molecule has 5 aromatic rings. The van der Waals surface area contributed by atoms with Crippen molar-refractivity contribution in [3.05, 3.63) is 68.9 Å². The first-order valence-electron chi connectivity index (χ1n) is 8.41. The van der Waals surface area contributed by atoms with Gasteiger partial charge in [-0.1, -0.05) is 12.1 Å². The summed E-state index contributed by atoms with van der Waals surface area (Å²) in [5.41, 5.74) is 0.423. The van der Waals surface area contributed by atoms with Gasteiger partial charge in [0.25, 0.3) is 0 Å². The second-order valence-corrected chi connectivity index (χ2v) is 8.09. The van der Waals surface area contributed by atoms with Crippen LogP contribution in [0.3, 0.4) is 0 Å². The van der Waals surface area contributed by atoms with Crippen molar-refractivity contribution in [1.29, 1.82) is 0 Å². The van der Waals surface area contributed by atoms with E-state index in [-0.39, 0.29) is 21.9 Å². The van der Waals surface area contributed by atoms with Gasteiger partial charge in [-0.3, -0.25) is 9.78 Å². The highest BCUT2D eigenvalue weighted by molar-refractivity contribution is 7.14. The van der Waals surface area contributed by atoms with Gasteiger partial charge in [0, 0.05) is 6.20 Å². The predicted octanol–water partition coefficient (Wildman–Crippen LogP) is 4.77. The van der Waals surface area contributed by atoms with Crippen molar-refractivity contribution in [2.24, 2.45) is 0 Å². The van der Waals surface area contributed by atoms with Crippen LogP contribution in [-0.2, 0) is 0 Å². The SMILES string of the molecule is O=C(O)c1cnc2c(cc(F)c3[nH]c(-c4cccs4)c(-c4cccs4)nc32)c1=O. The highest BCUT2D eigenvalue weighted by atomic mass is 32.1. The number of hydrogen-bond donors (Lipinski definition) is 2. The summed E-state index contributed by atoms with van der Waals surface area (Å²) in [7, 11) is 0. The maximum Gasteiger partial charge on any atom is 0.341 e. The van der Waals surface area contributed by atoms with E-state index in [2.05, 4.69) is 15.0 Å². The molecule has 0 aliphatic rings. The van der Waals surface area contributed by atoms with Crippen LogP contribution in [0.25, 0.3) is 43.1 Å². The fourth-order valence-corrected chi connectivity index (χ4v) is 4.63. The number of carbonyl (C=O) groups is 1. The van der Waals surface area contributed by atoms with Crippen LogP contribution >= 0.6 is 22.7 Å². The lowest BCUT2D eigenvalue weighted by atomic mass is 10.1. The monoisotopic (exact) mass is 423 g/mol. The molecular formula is C20H10FN3O3S2. The lowest BCUT2D eigenvalue weighted by Gasteiger charge is -2.11. The number of nitrogens with zero attached hydrogens (tertiary/aromatic N) is 2. The topological polar surface area (TPSA) is 95.9 Å². The van der Waals surface area contributed by atoms with E-state index in [4.69, 9.17) is 5.11 Å². The number of aromatic carboxylic acids is 1. The predicted molar refractivity (Wildman–Crippen MR) is 111 cm³/mol. The Hall–Kier alpha value is -3.43. The molecule has 0 atom stereocenters. The van der Waals surface area contributed by atoms with Crippen LogP contribution in [0.5, 0.6) is 0 Å². The molecule has 1 aromatic carbocycles. The van der Waals surface area contributed by atoms with E-state index < -0.39 is 22.8 Å². The standard InChI is InChI=1S/C20H10FN3O3S2/c21-11-7-9-14(22-8-10(19(9)25)20(26)27)18-15(11)23-16(12-3-1-5-28-12)17(24-18)13-4-2-6-29-13/h1-8,23H,(H,26,27). The van der Waals surface area contributed by atoms with Gasteiger partial charge in [-0.05, 0) is 29.0 Å². The first kappa shape index (κ1) is 17.7. The van der Waals surface area contributed by atoms with E-state index in [1.165, 1.54) is 22.7 Å². The number of carboxylic acids is 1. The number of aromatic amines is 1. The lowest BCUT2D eigenvalue weighted by Crippen LogP contribution is -2.16. The number of nitrogens with one attached hydrogen (secondary N) is 1. The number of benzene rings is 1. The molecule has 142 valence electrons. The number of rotatable bonds is 3. The van der Waals surface area contributed by atoms with E-state index in [0.717, 1.165) is 22.0 Å². The van der Waals surface area contributed by atoms with Crippen LogP contribution in [0.1, 0.15) is 10.4 Å². The number of aromatic nitrogens is 3. The van der Waals surface area contributed by atoms with E-state index in [0.29, 0.717) is 11.4 Å². The number of thiophene rings is 2. The summed E-state index contributed by atoms with van der Waals surface area (Å²) < 4.78 is 14.9. The first-order chi connectivity index (χ1) is 14.0. The van der Waals surface area contributed by atoms with Gasteiger partial charge < -0.3 is 10.1 Å². The quantitative estimate of drug-likeness (QED) is 0.408. The molecule has 4 aromatic heterocycles. The minimum absolute atomic E-state index is 0.108. The molecule has 0 unspecified atom stereocenters. The Bertz CT molecular complexity index is 1460. The van der Waals surface area contributed by atoms with Crippen molar-refractivity contribution in [3.8, 4) is 21.1 Å². The second kappa shape index (κ2) is 6.57. The molecule has 5 rings (SSSR count). The molecule has 2 N–H and O–H groups in total. The Labute approximate surface area is 169 Å². The average molecular weight is 423 g/mol. The van der Waals surface area contributed by atoms with Gasteiger partial charge in [-0.15, -0.1) is 22.7 Å². The summed E-state index contributed by atoms with van der Waals surface area (Å²) in [5.74, 6) is -2.10. The molecule has 0 aliphatic carbocycles. The molecule has 0 spiro atoms. The van der Waals surface area contributed by atoms with Gasteiger partial charge in [-0.25, -0.2) is 14.2 Å². The van der Waals surface area contributed by atoms with Crippen LogP contribution in [0.2, 0.25) is 0 Å². The smallest absolute Gasteiger partial charge is 0.341 e. The fourth-order valence-electron chi connectivity index (χ4n) is 3.19. The maximum atomic E-state index is 14.9. The summed E-state index contributed by atoms with van der Waals surface area (Å²) in [6.45, 7) is 0. The molecule has 9 heteroatoms. The van der Waals surface area contributed by atoms with Crippen LogP contribution < -0.4 is 5.43 Å². The largest absolute Gasteiger partial charge is 0.477 e. The molecule has 29 heavy (non-hydrogen) atoms. The number of carboxylic acid groups (broad SMARTS) is 1. The van der Waals surface area contributed by atoms with Gasteiger partial charge in [0.05, 0.1) is 20.8 Å². The normalized spacial score (nSPS) is 11.3. The number of pyridine rings is 1. The molecule has 0 saturated heterocycles. The lowest BCUT2D eigenvalue weighted by molar-refractivity contribution is 0.0695. The summed E-state index contributed by atoms with van der Waals surface area (Å²) >= 11 is 2.98. The molecule has 0 aliphatic heterocycles. The highest BCUT2D eigenvalue weighted by Gasteiger charge is 2.20. The number of halogens is 1. The minimum Gasteiger partial charge on any atom is -0.477 e. The summed E-state index contributed by atoms with van der Waals surface area (Å²) in [6, 6.07) is 8.61. The van der Waals surface area contributed by atoms with Crippen molar-refractivity contribution in [2.75, 3.05) is 0 Å². The third kappa shape index (κ3) is 2.74. The Balaban J connectivity index is 1.93. The Morgan fingerprint density at radius 2 is 1.83 bits per heavy atom. The minimum atomic E-state index is -1.41. The third-order valence-electron chi connectivity index (χ3n) is 4.50. The molecule has 0 fully saturated rings. The number of hydrogen-bond acceptors (Lipinski definition) is 6. The summed E-state index contributed by atoms with van der Waals surface area (Å²) in [5, 5.41) is 12.9. The van der Waals surface area contributed by atoms with E-state index >= 15 is 0 Å². The molecular weight excluding hydrogens is 413 g/mol. The number of H-pyrrole nitrogens is 1. The molecule has 4 heterocycles. The van der Waals surface area contributed by atoms with Gasteiger partial charge in [0.15, 0.2) is 0 Å². The van der Waals surface area contributed by atoms with Crippen molar-refractivity contribution >= 4 is 50.6 Å². The van der Waals surface area contributed by atoms with Crippen molar-refractivity contribution in [3.63, 3.8) is 0 Å². The van der Waals surface area contributed by atoms with Crippen LogP contribution in [0, 0.1) is 5.82 Å². The Kier molecular flexibility index (Phi) is 4.00. The average Bonchev–Trinajstić information content (AvgIpc) is 3.42. The van der Waals surface area contributed by atoms with Crippen molar-refractivity contribution in [1.82, 2.24) is 15.0 Å². The van der Waals surface area contributed by atoms with Crippen LogP contribution in [-0.4, -0.2) is 26.0 Å². The zero-order chi connectivity index (χ0) is 20.1. The van der Waals surface area contributed by atoms with Crippen molar-refractivity contribution in [2.45, 2.75) is 0 Å². The third-order valence-corrected chi connectivity index (χ3v) is 6.27. The first-order valence-corrected chi connectivity index (χ1v) is 10.2. The summed E-state index contributed by atoms with van der Waals surface area (Å²) in [6.07, 6.45) is 0.990. The van der Waals surface area contributed by atoms with Gasteiger partial charge in [-0.2, -0.15) is 0 Å². The zero-order valence-corrected chi connectivity index (χ0v) is 16.1. The number of fused-ring (bicyclic) bond motifs is 3.